The van der Waals surface area contributed by atoms with Crippen molar-refractivity contribution < 1.29 is 14.8 Å². The summed E-state index contributed by atoms with van der Waals surface area (Å²) >= 11 is 1.68. The molecule has 6 nitrogen and oxygen atoms in total. The Hall–Kier alpha value is -1.44. The molecule has 3 atom stereocenters. The maximum atomic E-state index is 13.0. The summed E-state index contributed by atoms with van der Waals surface area (Å²) in [4.78, 5) is 27.0. The largest absolute Gasteiger partial charge is 0.341 e. The highest BCUT2D eigenvalue weighted by molar-refractivity contribution is 7.08. The van der Waals surface area contributed by atoms with Gasteiger partial charge in [-0.25, -0.2) is 5.48 Å². The molecule has 1 aromatic heterocycles. The van der Waals surface area contributed by atoms with E-state index in [1.165, 1.54) is 5.56 Å². The average Bonchev–Trinajstić information content (AvgIpc) is 3.03. The average molecular weight is 349 g/mol. The molecule has 4 rings (SSSR count). The van der Waals surface area contributed by atoms with Crippen LogP contribution in [0, 0.1) is 11.3 Å². The first-order chi connectivity index (χ1) is 11.6. The van der Waals surface area contributed by atoms with Crippen LogP contribution in [0.15, 0.2) is 16.8 Å². The lowest BCUT2D eigenvalue weighted by atomic mass is 9.81. The van der Waals surface area contributed by atoms with Crippen LogP contribution in [-0.2, 0) is 9.59 Å². The number of likely N-dealkylation sites (tertiary alicyclic amines) is 1. The van der Waals surface area contributed by atoms with Gasteiger partial charge in [0.15, 0.2) is 0 Å². The summed E-state index contributed by atoms with van der Waals surface area (Å²) in [6.45, 7) is 2.24. The van der Waals surface area contributed by atoms with Crippen molar-refractivity contribution in [1.29, 1.82) is 0 Å². The first kappa shape index (κ1) is 16.1. The molecule has 0 radical (unpaired) electrons. The Balaban J connectivity index is 1.45. The number of nitrogens with one attached hydrogen (secondary N) is 2. The molecule has 3 heterocycles. The molecule has 2 saturated heterocycles. The third-order valence-electron chi connectivity index (χ3n) is 5.94. The van der Waals surface area contributed by atoms with Gasteiger partial charge in [-0.3, -0.25) is 14.8 Å². The van der Waals surface area contributed by atoms with E-state index in [0.717, 1.165) is 32.4 Å². The third-order valence-corrected chi connectivity index (χ3v) is 6.64. The van der Waals surface area contributed by atoms with Crippen LogP contribution in [0.5, 0.6) is 0 Å². The molecule has 7 heteroatoms. The van der Waals surface area contributed by atoms with E-state index in [4.69, 9.17) is 5.21 Å². The number of rotatable bonds is 3. The van der Waals surface area contributed by atoms with Crippen molar-refractivity contribution in [2.24, 2.45) is 11.3 Å². The molecule has 3 N–H and O–H groups in total. The molecule has 3 aliphatic rings. The lowest BCUT2D eigenvalue weighted by molar-refractivity contribution is -0.144. The Morgan fingerprint density at radius 1 is 1.42 bits per heavy atom. The Kier molecular flexibility index (Phi) is 4.10. The molecule has 1 aliphatic carbocycles. The number of hydrogen-bond donors (Lipinski definition) is 3. The van der Waals surface area contributed by atoms with Crippen LogP contribution in [0.4, 0.5) is 0 Å². The van der Waals surface area contributed by atoms with Gasteiger partial charge >= 0.3 is 0 Å². The molecule has 2 aliphatic heterocycles. The summed E-state index contributed by atoms with van der Waals surface area (Å²) in [5.41, 5.74) is 3.22. The van der Waals surface area contributed by atoms with E-state index in [1.807, 2.05) is 4.90 Å². The van der Waals surface area contributed by atoms with Crippen molar-refractivity contribution in [3.63, 3.8) is 0 Å². The molecule has 1 spiro atoms. The zero-order valence-electron chi connectivity index (χ0n) is 13.5. The fourth-order valence-electron chi connectivity index (χ4n) is 4.21. The van der Waals surface area contributed by atoms with Crippen LogP contribution < -0.4 is 10.8 Å². The molecule has 1 unspecified atom stereocenters. The maximum Gasteiger partial charge on any atom is 0.248 e. The van der Waals surface area contributed by atoms with Gasteiger partial charge in [0.25, 0.3) is 0 Å². The van der Waals surface area contributed by atoms with Crippen LogP contribution in [-0.4, -0.2) is 47.6 Å². The topological polar surface area (TPSA) is 81.7 Å². The second kappa shape index (κ2) is 6.13. The first-order valence-corrected chi connectivity index (χ1v) is 9.54. The lowest BCUT2D eigenvalue weighted by Crippen LogP contribution is -2.58. The molecular formula is C17H23N3O3S. The standard InChI is InChI=1S/C17H23N3O3S/c21-15(19-23)13-7-17(3-4-17)10-18-14(13)16(22)20-5-1-11(8-20)12-2-6-24-9-12/h2,6,9,11,13-14,18,23H,1,3-5,7-8,10H2,(H,19,21)/t11?,13-,14-/m0/s1. The van der Waals surface area contributed by atoms with Gasteiger partial charge in [0.05, 0.1) is 12.0 Å². The lowest BCUT2D eigenvalue weighted by Gasteiger charge is -2.37. The Labute approximate surface area is 145 Å². The van der Waals surface area contributed by atoms with E-state index in [2.05, 4.69) is 22.1 Å². The molecule has 24 heavy (non-hydrogen) atoms. The van der Waals surface area contributed by atoms with Crippen molar-refractivity contribution in [2.45, 2.75) is 37.6 Å². The normalized spacial score (nSPS) is 31.2. The van der Waals surface area contributed by atoms with Crippen LogP contribution in [0.25, 0.3) is 0 Å². The van der Waals surface area contributed by atoms with Crippen molar-refractivity contribution in [3.8, 4) is 0 Å². The summed E-state index contributed by atoms with van der Waals surface area (Å²) < 4.78 is 0. The van der Waals surface area contributed by atoms with Crippen LogP contribution in [0.2, 0.25) is 0 Å². The number of thiophene rings is 1. The van der Waals surface area contributed by atoms with Crippen molar-refractivity contribution in [1.82, 2.24) is 15.7 Å². The minimum absolute atomic E-state index is 0.00294. The van der Waals surface area contributed by atoms with E-state index in [9.17, 15) is 9.59 Å². The van der Waals surface area contributed by atoms with Crippen molar-refractivity contribution in [2.75, 3.05) is 19.6 Å². The summed E-state index contributed by atoms with van der Waals surface area (Å²) in [7, 11) is 0. The molecule has 130 valence electrons. The predicted molar refractivity (Wildman–Crippen MR) is 89.8 cm³/mol. The number of amides is 2. The number of hydrogen-bond acceptors (Lipinski definition) is 5. The van der Waals surface area contributed by atoms with E-state index in [0.29, 0.717) is 18.9 Å². The van der Waals surface area contributed by atoms with E-state index in [1.54, 1.807) is 16.8 Å². The first-order valence-electron chi connectivity index (χ1n) is 8.60. The molecule has 3 fully saturated rings. The fourth-order valence-corrected chi connectivity index (χ4v) is 4.95. The van der Waals surface area contributed by atoms with Gasteiger partial charge in [-0.15, -0.1) is 0 Å². The number of nitrogens with zero attached hydrogens (tertiary/aromatic N) is 1. The number of piperidine rings is 1. The van der Waals surface area contributed by atoms with E-state index >= 15 is 0 Å². The second-order valence-electron chi connectivity index (χ2n) is 7.47. The zero-order valence-corrected chi connectivity index (χ0v) is 14.3. The van der Waals surface area contributed by atoms with Gasteiger partial charge in [-0.05, 0) is 53.5 Å². The molecular weight excluding hydrogens is 326 g/mol. The van der Waals surface area contributed by atoms with Crippen molar-refractivity contribution >= 4 is 23.2 Å². The van der Waals surface area contributed by atoms with Crippen LogP contribution in [0.3, 0.4) is 0 Å². The summed E-state index contributed by atoms with van der Waals surface area (Å²) in [5.74, 6) is -0.542. The Bertz CT molecular complexity index is 629. The molecule has 0 bridgehead atoms. The fraction of sp³-hybridized carbons (Fsp3) is 0.647. The molecule has 2 amide bonds. The van der Waals surface area contributed by atoms with Crippen molar-refractivity contribution in [3.05, 3.63) is 22.4 Å². The third kappa shape index (κ3) is 2.85. The highest BCUT2D eigenvalue weighted by Crippen LogP contribution is 2.52. The second-order valence-corrected chi connectivity index (χ2v) is 8.25. The van der Waals surface area contributed by atoms with Gasteiger partial charge in [-0.2, -0.15) is 11.3 Å². The quantitative estimate of drug-likeness (QED) is 0.568. The van der Waals surface area contributed by atoms with Gasteiger partial charge in [0.2, 0.25) is 11.8 Å². The monoisotopic (exact) mass is 349 g/mol. The minimum Gasteiger partial charge on any atom is -0.341 e. The summed E-state index contributed by atoms with van der Waals surface area (Å²) in [6, 6.07) is 1.60. The van der Waals surface area contributed by atoms with Gasteiger partial charge < -0.3 is 10.2 Å². The van der Waals surface area contributed by atoms with Crippen LogP contribution >= 0.6 is 11.3 Å². The molecule has 1 aromatic rings. The van der Waals surface area contributed by atoms with Gasteiger partial charge in [0.1, 0.15) is 0 Å². The van der Waals surface area contributed by atoms with Crippen LogP contribution in [0.1, 0.15) is 37.2 Å². The van der Waals surface area contributed by atoms with Gasteiger partial charge in [0, 0.05) is 25.6 Å². The van der Waals surface area contributed by atoms with E-state index < -0.39 is 17.9 Å². The summed E-state index contributed by atoms with van der Waals surface area (Å²) in [6.07, 6.45) is 3.85. The Morgan fingerprint density at radius 3 is 2.92 bits per heavy atom. The number of hydroxylamine groups is 1. The molecule has 1 saturated carbocycles. The Morgan fingerprint density at radius 2 is 2.25 bits per heavy atom. The highest BCUT2D eigenvalue weighted by atomic mass is 32.1. The SMILES string of the molecule is O=C(NO)[C@H]1CC2(CC2)CN[C@@H]1C(=O)N1CCC(c2ccsc2)C1. The molecule has 0 aromatic carbocycles. The minimum atomic E-state index is -0.524. The predicted octanol–water partition coefficient (Wildman–Crippen LogP) is 1.33. The summed E-state index contributed by atoms with van der Waals surface area (Å²) in [5, 5.41) is 16.6. The van der Waals surface area contributed by atoms with E-state index in [-0.39, 0.29) is 11.3 Å². The number of carbonyl (C=O) groups excluding carboxylic acids is 2. The highest BCUT2D eigenvalue weighted by Gasteiger charge is 2.53. The maximum absolute atomic E-state index is 13.0. The number of carbonyl (C=O) groups is 2. The van der Waals surface area contributed by atoms with Gasteiger partial charge in [-0.1, -0.05) is 0 Å². The zero-order chi connectivity index (χ0) is 16.7. The smallest absolute Gasteiger partial charge is 0.248 e.